The Morgan fingerprint density at radius 1 is 1.10 bits per heavy atom. The molecule has 1 atom stereocenters. The van der Waals surface area contributed by atoms with E-state index in [1.165, 1.54) is 12.8 Å². The van der Waals surface area contributed by atoms with E-state index in [2.05, 4.69) is 13.8 Å². The van der Waals surface area contributed by atoms with Gasteiger partial charge in [0.1, 0.15) is 0 Å². The first-order valence-corrected chi connectivity index (χ1v) is 8.12. The number of ether oxygens (including phenoxy) is 1. The van der Waals surface area contributed by atoms with Gasteiger partial charge in [0, 0.05) is 12.8 Å². The van der Waals surface area contributed by atoms with Crippen LogP contribution in [-0.4, -0.2) is 18.4 Å². The van der Waals surface area contributed by atoms with Crippen LogP contribution >= 0.6 is 0 Å². The molecule has 0 aromatic rings. The Balaban J connectivity index is 2.19. The molecular weight excluding hydrogens is 256 g/mol. The number of hydrogen-bond donors (Lipinski definition) is 0. The second kappa shape index (κ2) is 9.35. The molecule has 0 N–H and O–H groups in total. The summed E-state index contributed by atoms with van der Waals surface area (Å²) in [6.45, 7) is 6.80. The number of carbonyl (C=O) groups is 1. The van der Waals surface area contributed by atoms with Crippen molar-refractivity contribution in [2.45, 2.75) is 84.3 Å². The number of carbonyl (C=O) groups excluding carboxylic acids is 1. The summed E-state index contributed by atoms with van der Waals surface area (Å²) < 4.78 is 5.41. The predicted octanol–water partition coefficient (Wildman–Crippen LogP) is 4.37. The minimum atomic E-state index is -0.379. The van der Waals surface area contributed by atoms with Gasteiger partial charge >= 0.3 is 5.97 Å². The van der Waals surface area contributed by atoms with E-state index in [0.717, 1.165) is 38.5 Å². The second-order valence-corrected chi connectivity index (χ2v) is 5.99. The van der Waals surface area contributed by atoms with E-state index in [0.29, 0.717) is 18.9 Å². The summed E-state index contributed by atoms with van der Waals surface area (Å²) >= 11 is 0. The highest BCUT2D eigenvalue weighted by atomic mass is 17.4. The molecule has 118 valence electrons. The maximum absolute atomic E-state index is 11.6. The SMILES string of the molecule is CCCCCC(=O)OCC(CCCC)CCC1(C)OO1. The third-order valence-corrected chi connectivity index (χ3v) is 3.80. The molecule has 4 heteroatoms. The fourth-order valence-electron chi connectivity index (χ4n) is 2.23. The minimum Gasteiger partial charge on any atom is -0.465 e. The molecule has 1 saturated heterocycles. The Morgan fingerprint density at radius 3 is 2.40 bits per heavy atom. The van der Waals surface area contributed by atoms with Gasteiger partial charge in [-0.15, -0.1) is 0 Å². The van der Waals surface area contributed by atoms with Crippen molar-refractivity contribution >= 4 is 5.97 Å². The Hall–Kier alpha value is -0.610. The van der Waals surface area contributed by atoms with Gasteiger partial charge in [0.15, 0.2) is 0 Å². The maximum Gasteiger partial charge on any atom is 0.305 e. The van der Waals surface area contributed by atoms with E-state index in [1.54, 1.807) is 0 Å². The molecule has 0 aromatic heterocycles. The molecule has 0 aromatic carbocycles. The molecule has 0 bridgehead atoms. The number of esters is 1. The van der Waals surface area contributed by atoms with Crippen LogP contribution in [0.4, 0.5) is 0 Å². The molecular formula is C16H30O4. The summed E-state index contributed by atoms with van der Waals surface area (Å²) in [5.41, 5.74) is 0. The highest BCUT2D eigenvalue weighted by molar-refractivity contribution is 5.69. The molecule has 1 aliphatic heterocycles. The van der Waals surface area contributed by atoms with E-state index < -0.39 is 0 Å². The smallest absolute Gasteiger partial charge is 0.305 e. The molecule has 0 aliphatic carbocycles. The first kappa shape index (κ1) is 17.4. The fourth-order valence-corrected chi connectivity index (χ4v) is 2.23. The first-order chi connectivity index (χ1) is 9.59. The quantitative estimate of drug-likeness (QED) is 0.231. The van der Waals surface area contributed by atoms with Gasteiger partial charge in [-0.25, -0.2) is 0 Å². The minimum absolute atomic E-state index is 0.0508. The lowest BCUT2D eigenvalue weighted by Gasteiger charge is -2.17. The molecule has 1 aliphatic rings. The van der Waals surface area contributed by atoms with Gasteiger partial charge in [-0.2, -0.15) is 9.78 Å². The van der Waals surface area contributed by atoms with Gasteiger partial charge in [0.05, 0.1) is 6.61 Å². The molecule has 0 amide bonds. The van der Waals surface area contributed by atoms with E-state index in [4.69, 9.17) is 14.5 Å². The van der Waals surface area contributed by atoms with Gasteiger partial charge in [-0.05, 0) is 32.1 Å². The monoisotopic (exact) mass is 286 g/mol. The highest BCUT2D eigenvalue weighted by Crippen LogP contribution is 2.35. The van der Waals surface area contributed by atoms with Crippen molar-refractivity contribution in [3.63, 3.8) is 0 Å². The van der Waals surface area contributed by atoms with E-state index in [-0.39, 0.29) is 11.8 Å². The van der Waals surface area contributed by atoms with Crippen LogP contribution in [0, 0.1) is 5.92 Å². The summed E-state index contributed by atoms with van der Waals surface area (Å²) in [6, 6.07) is 0. The van der Waals surface area contributed by atoms with Crippen LogP contribution in [-0.2, 0) is 19.3 Å². The van der Waals surface area contributed by atoms with Crippen LogP contribution in [0.5, 0.6) is 0 Å². The second-order valence-electron chi connectivity index (χ2n) is 5.99. The average molecular weight is 286 g/mol. The molecule has 1 fully saturated rings. The van der Waals surface area contributed by atoms with E-state index in [9.17, 15) is 4.79 Å². The van der Waals surface area contributed by atoms with Crippen LogP contribution in [0.25, 0.3) is 0 Å². The maximum atomic E-state index is 11.6. The van der Waals surface area contributed by atoms with Crippen LogP contribution in [0.1, 0.15) is 78.6 Å². The lowest BCUT2D eigenvalue weighted by Crippen LogP contribution is -2.17. The topological polar surface area (TPSA) is 51.4 Å². The largest absolute Gasteiger partial charge is 0.465 e. The highest BCUT2D eigenvalue weighted by Gasteiger charge is 2.43. The lowest BCUT2D eigenvalue weighted by atomic mass is 9.95. The Morgan fingerprint density at radius 2 is 1.80 bits per heavy atom. The van der Waals surface area contributed by atoms with E-state index in [1.807, 2.05) is 6.92 Å². The van der Waals surface area contributed by atoms with Gasteiger partial charge in [-0.3, -0.25) is 4.79 Å². The summed E-state index contributed by atoms with van der Waals surface area (Å²) in [5, 5.41) is 0. The third-order valence-electron chi connectivity index (χ3n) is 3.80. The van der Waals surface area contributed by atoms with Crippen molar-refractivity contribution in [3.8, 4) is 0 Å². The zero-order valence-electron chi connectivity index (χ0n) is 13.3. The van der Waals surface area contributed by atoms with Crippen molar-refractivity contribution < 1.29 is 19.3 Å². The molecule has 20 heavy (non-hydrogen) atoms. The standard InChI is InChI=1S/C16H30O4/c1-4-6-8-10-15(17)18-13-14(9-7-5-2)11-12-16(3)19-20-16/h14H,4-13H2,1-3H3. The zero-order valence-corrected chi connectivity index (χ0v) is 13.3. The van der Waals surface area contributed by atoms with Crippen molar-refractivity contribution in [1.82, 2.24) is 0 Å². The lowest BCUT2D eigenvalue weighted by molar-refractivity contribution is -0.145. The van der Waals surface area contributed by atoms with Crippen molar-refractivity contribution in [2.24, 2.45) is 5.92 Å². The number of hydrogen-bond acceptors (Lipinski definition) is 4. The fraction of sp³-hybridized carbons (Fsp3) is 0.938. The summed E-state index contributed by atoms with van der Waals surface area (Å²) in [6.07, 6.45) is 9.03. The summed E-state index contributed by atoms with van der Waals surface area (Å²) in [5.74, 6) is -0.00457. The molecule has 1 unspecified atom stereocenters. The average Bonchev–Trinajstić information content (AvgIpc) is 3.16. The normalized spacial score (nSPS) is 17.8. The van der Waals surface area contributed by atoms with Crippen LogP contribution in [0.2, 0.25) is 0 Å². The van der Waals surface area contributed by atoms with Crippen LogP contribution in [0.3, 0.4) is 0 Å². The van der Waals surface area contributed by atoms with Crippen molar-refractivity contribution in [1.29, 1.82) is 0 Å². The summed E-state index contributed by atoms with van der Waals surface area (Å²) in [4.78, 5) is 21.5. The molecule has 1 heterocycles. The molecule has 4 nitrogen and oxygen atoms in total. The van der Waals surface area contributed by atoms with Crippen molar-refractivity contribution in [3.05, 3.63) is 0 Å². The molecule has 0 radical (unpaired) electrons. The Kier molecular flexibility index (Phi) is 8.15. The van der Waals surface area contributed by atoms with Crippen LogP contribution < -0.4 is 0 Å². The first-order valence-electron chi connectivity index (χ1n) is 8.12. The van der Waals surface area contributed by atoms with Gasteiger partial charge in [0.25, 0.3) is 0 Å². The summed E-state index contributed by atoms with van der Waals surface area (Å²) in [7, 11) is 0. The number of unbranched alkanes of at least 4 members (excludes halogenated alkanes) is 3. The van der Waals surface area contributed by atoms with Crippen LogP contribution in [0.15, 0.2) is 0 Å². The number of rotatable bonds is 12. The predicted molar refractivity (Wildman–Crippen MR) is 77.9 cm³/mol. The van der Waals surface area contributed by atoms with Gasteiger partial charge < -0.3 is 4.74 Å². The Bertz CT molecular complexity index is 274. The molecule has 0 saturated carbocycles. The third kappa shape index (κ3) is 7.85. The van der Waals surface area contributed by atoms with Gasteiger partial charge in [0.2, 0.25) is 5.79 Å². The molecule has 0 spiro atoms. The van der Waals surface area contributed by atoms with Crippen molar-refractivity contribution in [2.75, 3.05) is 6.61 Å². The Labute approximate surface area is 123 Å². The van der Waals surface area contributed by atoms with E-state index >= 15 is 0 Å². The van der Waals surface area contributed by atoms with Gasteiger partial charge in [-0.1, -0.05) is 39.5 Å². The molecule has 1 rings (SSSR count). The zero-order chi connectivity index (χ0) is 14.8.